The molecule has 1 fully saturated rings. The SMILES string of the molecule is O=C(N1CCCCC1)N1CCCNc2ccccc21. The van der Waals surface area contributed by atoms with Crippen molar-refractivity contribution >= 4 is 17.4 Å². The highest BCUT2D eigenvalue weighted by Crippen LogP contribution is 2.29. The fourth-order valence-corrected chi connectivity index (χ4v) is 2.89. The molecule has 0 radical (unpaired) electrons. The Hall–Kier alpha value is -1.71. The smallest absolute Gasteiger partial charge is 0.324 e. The number of hydrogen-bond acceptors (Lipinski definition) is 2. The number of fused-ring (bicyclic) bond motifs is 1. The van der Waals surface area contributed by atoms with Crippen LogP contribution < -0.4 is 10.2 Å². The van der Waals surface area contributed by atoms with Crippen LogP contribution in [0.5, 0.6) is 0 Å². The summed E-state index contributed by atoms with van der Waals surface area (Å²) in [5.74, 6) is 0. The Bertz CT molecular complexity index is 454. The van der Waals surface area contributed by atoms with E-state index in [1.54, 1.807) is 0 Å². The first-order valence-corrected chi connectivity index (χ1v) is 7.25. The molecule has 1 N–H and O–H groups in total. The van der Waals surface area contributed by atoms with E-state index in [9.17, 15) is 4.79 Å². The van der Waals surface area contributed by atoms with Gasteiger partial charge in [0.15, 0.2) is 0 Å². The first-order chi connectivity index (χ1) is 9.36. The molecular weight excluding hydrogens is 238 g/mol. The van der Waals surface area contributed by atoms with Gasteiger partial charge >= 0.3 is 6.03 Å². The average molecular weight is 259 g/mol. The minimum atomic E-state index is 0.177. The number of carbonyl (C=O) groups is 1. The minimum absolute atomic E-state index is 0.177. The first kappa shape index (κ1) is 12.3. The second-order valence-corrected chi connectivity index (χ2v) is 5.28. The average Bonchev–Trinajstić information content (AvgIpc) is 2.70. The molecule has 0 atom stereocenters. The summed E-state index contributed by atoms with van der Waals surface area (Å²) < 4.78 is 0. The van der Waals surface area contributed by atoms with Gasteiger partial charge in [0, 0.05) is 26.2 Å². The predicted octanol–water partition coefficient (Wildman–Crippen LogP) is 2.91. The molecule has 3 rings (SSSR count). The summed E-state index contributed by atoms with van der Waals surface area (Å²) in [4.78, 5) is 16.6. The zero-order valence-corrected chi connectivity index (χ0v) is 11.3. The van der Waals surface area contributed by atoms with E-state index in [1.807, 2.05) is 28.0 Å². The van der Waals surface area contributed by atoms with Crippen molar-refractivity contribution in [2.24, 2.45) is 0 Å². The lowest BCUT2D eigenvalue weighted by Gasteiger charge is -2.32. The number of benzene rings is 1. The number of carbonyl (C=O) groups excluding carboxylic acids is 1. The van der Waals surface area contributed by atoms with Crippen molar-refractivity contribution < 1.29 is 4.79 Å². The standard InChI is InChI=1S/C15H21N3O/c19-15(17-10-4-1-5-11-17)18-12-6-9-16-13-7-2-3-8-14(13)18/h2-3,7-8,16H,1,4-6,9-12H2. The summed E-state index contributed by atoms with van der Waals surface area (Å²) in [5, 5.41) is 3.40. The second kappa shape index (κ2) is 5.51. The van der Waals surface area contributed by atoms with Gasteiger partial charge in [-0.15, -0.1) is 0 Å². The molecule has 4 heteroatoms. The zero-order chi connectivity index (χ0) is 13.1. The van der Waals surface area contributed by atoms with E-state index < -0.39 is 0 Å². The highest BCUT2D eigenvalue weighted by Gasteiger charge is 2.26. The molecule has 0 spiro atoms. The van der Waals surface area contributed by atoms with Crippen molar-refractivity contribution in [3.63, 3.8) is 0 Å². The van der Waals surface area contributed by atoms with Gasteiger partial charge in [-0.25, -0.2) is 4.79 Å². The molecule has 0 aromatic heterocycles. The van der Waals surface area contributed by atoms with E-state index in [0.29, 0.717) is 0 Å². The van der Waals surface area contributed by atoms with Crippen molar-refractivity contribution in [2.45, 2.75) is 25.7 Å². The highest BCUT2D eigenvalue weighted by molar-refractivity contribution is 5.95. The van der Waals surface area contributed by atoms with E-state index >= 15 is 0 Å². The van der Waals surface area contributed by atoms with Crippen molar-refractivity contribution in [1.82, 2.24) is 4.90 Å². The molecule has 2 aliphatic heterocycles. The molecule has 0 saturated carbocycles. The number of likely N-dealkylation sites (tertiary alicyclic amines) is 1. The molecule has 2 amide bonds. The maximum atomic E-state index is 12.7. The van der Waals surface area contributed by atoms with E-state index in [0.717, 1.165) is 56.8 Å². The second-order valence-electron chi connectivity index (χ2n) is 5.28. The van der Waals surface area contributed by atoms with Gasteiger partial charge in [-0.1, -0.05) is 12.1 Å². The van der Waals surface area contributed by atoms with Crippen LogP contribution in [0.4, 0.5) is 16.2 Å². The molecule has 1 aromatic rings. The fraction of sp³-hybridized carbons (Fsp3) is 0.533. The lowest BCUT2D eigenvalue weighted by Crippen LogP contribution is -2.45. The van der Waals surface area contributed by atoms with Crippen molar-refractivity contribution in [2.75, 3.05) is 36.4 Å². The molecule has 1 saturated heterocycles. The molecular formula is C15H21N3O. The number of rotatable bonds is 0. The van der Waals surface area contributed by atoms with E-state index in [4.69, 9.17) is 0 Å². The Morgan fingerprint density at radius 1 is 1.00 bits per heavy atom. The van der Waals surface area contributed by atoms with Crippen LogP contribution in [0.2, 0.25) is 0 Å². The quantitative estimate of drug-likeness (QED) is 0.777. The van der Waals surface area contributed by atoms with Gasteiger partial charge in [0.1, 0.15) is 0 Å². The molecule has 102 valence electrons. The monoisotopic (exact) mass is 259 g/mol. The van der Waals surface area contributed by atoms with Gasteiger partial charge < -0.3 is 10.2 Å². The van der Waals surface area contributed by atoms with E-state index in [-0.39, 0.29) is 6.03 Å². The maximum Gasteiger partial charge on any atom is 0.324 e. The largest absolute Gasteiger partial charge is 0.383 e. The summed E-state index contributed by atoms with van der Waals surface area (Å²) in [6, 6.07) is 8.28. The molecule has 1 aromatic carbocycles. The fourth-order valence-electron chi connectivity index (χ4n) is 2.89. The molecule has 0 bridgehead atoms. The van der Waals surface area contributed by atoms with Crippen LogP contribution >= 0.6 is 0 Å². The topological polar surface area (TPSA) is 35.6 Å². The Morgan fingerprint density at radius 3 is 2.63 bits per heavy atom. The third-order valence-corrected chi connectivity index (χ3v) is 3.93. The molecule has 2 aliphatic rings. The van der Waals surface area contributed by atoms with Gasteiger partial charge in [-0.2, -0.15) is 0 Å². The predicted molar refractivity (Wildman–Crippen MR) is 77.7 cm³/mol. The number of nitrogens with zero attached hydrogens (tertiary/aromatic N) is 2. The van der Waals surface area contributed by atoms with Crippen molar-refractivity contribution in [3.8, 4) is 0 Å². The highest BCUT2D eigenvalue weighted by atomic mass is 16.2. The molecule has 2 heterocycles. The Morgan fingerprint density at radius 2 is 1.79 bits per heavy atom. The Kier molecular flexibility index (Phi) is 3.58. The summed E-state index contributed by atoms with van der Waals surface area (Å²) >= 11 is 0. The number of urea groups is 1. The lowest BCUT2D eigenvalue weighted by atomic mass is 10.1. The Balaban J connectivity index is 1.84. The summed E-state index contributed by atoms with van der Waals surface area (Å²) in [7, 11) is 0. The van der Waals surface area contributed by atoms with E-state index in [2.05, 4.69) is 11.4 Å². The number of anilines is 2. The third-order valence-electron chi connectivity index (χ3n) is 3.93. The van der Waals surface area contributed by atoms with Crippen LogP contribution in [0.3, 0.4) is 0 Å². The minimum Gasteiger partial charge on any atom is -0.383 e. The molecule has 4 nitrogen and oxygen atoms in total. The Labute approximate surface area is 114 Å². The molecule has 0 unspecified atom stereocenters. The van der Waals surface area contributed by atoms with Gasteiger partial charge in [-0.05, 0) is 37.8 Å². The van der Waals surface area contributed by atoms with Gasteiger partial charge in [0.05, 0.1) is 11.4 Å². The summed E-state index contributed by atoms with van der Waals surface area (Å²) in [6.45, 7) is 3.55. The lowest BCUT2D eigenvalue weighted by molar-refractivity contribution is 0.193. The van der Waals surface area contributed by atoms with Crippen LogP contribution in [0.1, 0.15) is 25.7 Å². The van der Waals surface area contributed by atoms with E-state index in [1.165, 1.54) is 6.42 Å². The normalized spacial score (nSPS) is 19.4. The van der Waals surface area contributed by atoms with Crippen molar-refractivity contribution in [3.05, 3.63) is 24.3 Å². The zero-order valence-electron chi connectivity index (χ0n) is 11.3. The van der Waals surface area contributed by atoms with Crippen LogP contribution in [0, 0.1) is 0 Å². The molecule has 0 aliphatic carbocycles. The van der Waals surface area contributed by atoms with Crippen molar-refractivity contribution in [1.29, 1.82) is 0 Å². The number of para-hydroxylation sites is 2. The number of amides is 2. The number of nitrogens with one attached hydrogen (secondary N) is 1. The van der Waals surface area contributed by atoms with Crippen LogP contribution in [-0.4, -0.2) is 37.1 Å². The summed E-state index contributed by atoms with van der Waals surface area (Å²) in [6.07, 6.45) is 4.52. The first-order valence-electron chi connectivity index (χ1n) is 7.25. The molecule has 19 heavy (non-hydrogen) atoms. The number of hydrogen-bond donors (Lipinski definition) is 1. The maximum absolute atomic E-state index is 12.7. The van der Waals surface area contributed by atoms with Crippen LogP contribution in [-0.2, 0) is 0 Å². The van der Waals surface area contributed by atoms with Gasteiger partial charge in [0.2, 0.25) is 0 Å². The van der Waals surface area contributed by atoms with Gasteiger partial charge in [-0.3, -0.25) is 4.90 Å². The number of piperidine rings is 1. The van der Waals surface area contributed by atoms with Crippen LogP contribution in [0.15, 0.2) is 24.3 Å². The van der Waals surface area contributed by atoms with Gasteiger partial charge in [0.25, 0.3) is 0 Å². The van der Waals surface area contributed by atoms with Crippen LogP contribution in [0.25, 0.3) is 0 Å². The third kappa shape index (κ3) is 2.53. The summed E-state index contributed by atoms with van der Waals surface area (Å²) in [5.41, 5.74) is 2.10.